The number of piperidine rings is 1. The van der Waals surface area contributed by atoms with Gasteiger partial charge in [-0.2, -0.15) is 0 Å². The molecular formula is C17H22N4O2S. The maximum absolute atomic E-state index is 12.4. The molecule has 0 aliphatic carbocycles. The Kier molecular flexibility index (Phi) is 5.11. The summed E-state index contributed by atoms with van der Waals surface area (Å²) in [5.74, 6) is 0.797. The molecule has 1 atom stereocenters. The van der Waals surface area contributed by atoms with Gasteiger partial charge < -0.3 is 14.9 Å². The van der Waals surface area contributed by atoms with Crippen molar-refractivity contribution in [2.24, 2.45) is 0 Å². The van der Waals surface area contributed by atoms with Crippen LogP contribution >= 0.6 is 11.3 Å². The minimum Gasteiger partial charge on any atom is -0.386 e. The van der Waals surface area contributed by atoms with Crippen LogP contribution in [0.15, 0.2) is 36.1 Å². The Bertz CT molecular complexity index is 664. The van der Waals surface area contributed by atoms with Crippen LogP contribution < -0.4 is 4.90 Å². The minimum absolute atomic E-state index is 0.0301. The Labute approximate surface area is 145 Å². The molecule has 2 aromatic rings. The van der Waals surface area contributed by atoms with Gasteiger partial charge >= 0.3 is 0 Å². The highest BCUT2D eigenvalue weighted by atomic mass is 32.1. The van der Waals surface area contributed by atoms with Crippen molar-refractivity contribution in [1.82, 2.24) is 14.9 Å². The number of aromatic nitrogens is 2. The van der Waals surface area contributed by atoms with Gasteiger partial charge in [0.1, 0.15) is 5.82 Å². The van der Waals surface area contributed by atoms with Gasteiger partial charge in [-0.05, 0) is 24.3 Å². The number of β-amino-alcohol motifs (C(OH)–C–C–N with tert-alkyl or cyclic N) is 1. The maximum Gasteiger partial charge on any atom is 0.227 e. The summed E-state index contributed by atoms with van der Waals surface area (Å²) in [6, 6.07) is 3.91. The fourth-order valence-corrected chi connectivity index (χ4v) is 3.81. The highest BCUT2D eigenvalue weighted by molar-refractivity contribution is 7.10. The van der Waals surface area contributed by atoms with E-state index in [1.54, 1.807) is 41.9 Å². The van der Waals surface area contributed by atoms with Crippen LogP contribution in [-0.2, 0) is 11.2 Å². The quantitative estimate of drug-likeness (QED) is 0.890. The molecule has 128 valence electrons. The zero-order valence-electron chi connectivity index (χ0n) is 13.8. The van der Waals surface area contributed by atoms with Gasteiger partial charge in [-0.25, -0.2) is 4.98 Å². The molecule has 0 bridgehead atoms. The van der Waals surface area contributed by atoms with Crippen LogP contribution in [0.5, 0.6) is 0 Å². The average Bonchev–Trinajstić information content (AvgIpc) is 3.08. The van der Waals surface area contributed by atoms with Gasteiger partial charge in [-0.1, -0.05) is 6.07 Å². The number of amides is 1. The number of aliphatic hydroxyl groups is 1. The molecule has 3 heterocycles. The molecule has 0 unspecified atom stereocenters. The number of thiophene rings is 1. The van der Waals surface area contributed by atoms with E-state index in [2.05, 4.69) is 9.97 Å². The first kappa shape index (κ1) is 16.9. The molecule has 1 aliphatic rings. The van der Waals surface area contributed by atoms with E-state index in [-0.39, 0.29) is 5.91 Å². The fourth-order valence-electron chi connectivity index (χ4n) is 3.12. The van der Waals surface area contributed by atoms with Crippen molar-refractivity contribution in [3.63, 3.8) is 0 Å². The van der Waals surface area contributed by atoms with Crippen LogP contribution in [0.4, 0.5) is 5.82 Å². The molecule has 1 amide bonds. The normalized spacial score (nSPS) is 20.8. The number of rotatable bonds is 5. The molecular weight excluding hydrogens is 324 g/mol. The second kappa shape index (κ2) is 7.27. The number of nitrogens with zero attached hydrogens (tertiary/aromatic N) is 4. The molecule has 2 aromatic heterocycles. The first-order valence-corrected chi connectivity index (χ1v) is 8.93. The maximum atomic E-state index is 12.4. The minimum atomic E-state index is -0.921. The molecule has 1 fully saturated rings. The third-order valence-electron chi connectivity index (χ3n) is 4.29. The summed E-state index contributed by atoms with van der Waals surface area (Å²) >= 11 is 1.58. The Morgan fingerprint density at radius 1 is 1.50 bits per heavy atom. The van der Waals surface area contributed by atoms with Crippen LogP contribution in [0.1, 0.15) is 17.7 Å². The molecule has 6 nitrogen and oxygen atoms in total. The van der Waals surface area contributed by atoms with Crippen LogP contribution in [0.25, 0.3) is 0 Å². The second-order valence-electron chi connectivity index (χ2n) is 6.32. The van der Waals surface area contributed by atoms with E-state index >= 15 is 0 Å². The van der Waals surface area contributed by atoms with E-state index in [0.717, 1.165) is 23.7 Å². The van der Waals surface area contributed by atoms with Gasteiger partial charge in [-0.3, -0.25) is 9.78 Å². The summed E-state index contributed by atoms with van der Waals surface area (Å²) in [7, 11) is 1.76. The summed E-state index contributed by atoms with van der Waals surface area (Å²) in [6.07, 6.45) is 6.92. The van der Waals surface area contributed by atoms with Crippen LogP contribution in [0.3, 0.4) is 0 Å². The van der Waals surface area contributed by atoms with Crippen LogP contribution in [0, 0.1) is 0 Å². The number of likely N-dealkylation sites (N-methyl/N-ethyl adjacent to an activating group) is 1. The van der Waals surface area contributed by atoms with Crippen LogP contribution in [-0.4, -0.2) is 58.2 Å². The Morgan fingerprint density at radius 2 is 2.38 bits per heavy atom. The third kappa shape index (κ3) is 4.10. The molecule has 0 saturated carbocycles. The molecule has 1 aliphatic heterocycles. The smallest absolute Gasteiger partial charge is 0.227 e. The first-order chi connectivity index (χ1) is 11.6. The molecule has 0 spiro atoms. The predicted molar refractivity (Wildman–Crippen MR) is 94.1 cm³/mol. The molecule has 7 heteroatoms. The average molecular weight is 346 g/mol. The highest BCUT2D eigenvalue weighted by Gasteiger charge is 2.35. The lowest BCUT2D eigenvalue weighted by Gasteiger charge is -2.41. The van der Waals surface area contributed by atoms with Gasteiger partial charge in [0, 0.05) is 37.4 Å². The van der Waals surface area contributed by atoms with Crippen molar-refractivity contribution < 1.29 is 9.90 Å². The van der Waals surface area contributed by atoms with Gasteiger partial charge in [0.2, 0.25) is 5.91 Å². The van der Waals surface area contributed by atoms with E-state index in [1.807, 2.05) is 22.4 Å². The van der Waals surface area contributed by atoms with Gasteiger partial charge in [-0.15, -0.1) is 11.3 Å². The standard InChI is InChI=1S/C17H22N4O2S/c1-20(16(22)10-14-4-2-9-24-14)12-17(23)5-3-8-21(13-17)15-11-18-6-7-19-15/h2,4,6-7,9,11,23H,3,5,8,10,12-13H2,1H3/t17-/m1/s1. The predicted octanol–water partition coefficient (Wildman–Crippen LogP) is 1.57. The zero-order chi connectivity index (χ0) is 17.0. The molecule has 1 saturated heterocycles. The number of hydrogen-bond acceptors (Lipinski definition) is 6. The number of anilines is 1. The second-order valence-corrected chi connectivity index (χ2v) is 7.35. The van der Waals surface area contributed by atoms with Gasteiger partial charge in [0.15, 0.2) is 0 Å². The van der Waals surface area contributed by atoms with Crippen molar-refractivity contribution in [2.45, 2.75) is 24.9 Å². The largest absolute Gasteiger partial charge is 0.386 e. The summed E-state index contributed by atoms with van der Waals surface area (Å²) in [6.45, 7) is 1.63. The Hall–Kier alpha value is -1.99. The zero-order valence-corrected chi connectivity index (χ0v) is 14.6. The number of hydrogen-bond donors (Lipinski definition) is 1. The van der Waals surface area contributed by atoms with Gasteiger partial charge in [0.25, 0.3) is 0 Å². The van der Waals surface area contributed by atoms with E-state index in [4.69, 9.17) is 0 Å². The topological polar surface area (TPSA) is 69.6 Å². The molecule has 24 heavy (non-hydrogen) atoms. The van der Waals surface area contributed by atoms with E-state index in [9.17, 15) is 9.90 Å². The summed E-state index contributed by atoms with van der Waals surface area (Å²) in [4.78, 5) is 25.5. The van der Waals surface area contributed by atoms with Crippen molar-refractivity contribution in [1.29, 1.82) is 0 Å². The lowest BCUT2D eigenvalue weighted by Crippen LogP contribution is -2.55. The molecule has 1 N–H and O–H groups in total. The first-order valence-electron chi connectivity index (χ1n) is 8.05. The summed E-state index contributed by atoms with van der Waals surface area (Å²) < 4.78 is 0. The fraction of sp³-hybridized carbons (Fsp3) is 0.471. The van der Waals surface area contributed by atoms with Crippen molar-refractivity contribution in [3.8, 4) is 0 Å². The Balaban J connectivity index is 1.61. The van der Waals surface area contributed by atoms with Crippen molar-refractivity contribution in [3.05, 3.63) is 41.0 Å². The monoisotopic (exact) mass is 346 g/mol. The summed E-state index contributed by atoms with van der Waals surface area (Å²) in [5.41, 5.74) is -0.921. The molecule has 3 rings (SSSR count). The summed E-state index contributed by atoms with van der Waals surface area (Å²) in [5, 5.41) is 12.9. The number of carbonyl (C=O) groups excluding carboxylic acids is 1. The van der Waals surface area contributed by atoms with Crippen molar-refractivity contribution >= 4 is 23.1 Å². The van der Waals surface area contributed by atoms with E-state index in [1.165, 1.54) is 0 Å². The Morgan fingerprint density at radius 3 is 3.08 bits per heavy atom. The SMILES string of the molecule is CN(C[C@]1(O)CCCN(c2cnccn2)C1)C(=O)Cc1cccs1. The van der Waals surface area contributed by atoms with E-state index < -0.39 is 5.60 Å². The van der Waals surface area contributed by atoms with Gasteiger partial charge in [0.05, 0.1) is 24.8 Å². The molecule has 0 radical (unpaired) electrons. The van der Waals surface area contributed by atoms with Crippen molar-refractivity contribution in [2.75, 3.05) is 31.6 Å². The third-order valence-corrected chi connectivity index (χ3v) is 5.17. The number of carbonyl (C=O) groups is 1. The van der Waals surface area contributed by atoms with E-state index in [0.29, 0.717) is 25.9 Å². The molecule has 0 aromatic carbocycles. The lowest BCUT2D eigenvalue weighted by atomic mass is 9.92. The highest BCUT2D eigenvalue weighted by Crippen LogP contribution is 2.25. The van der Waals surface area contributed by atoms with Crippen LogP contribution in [0.2, 0.25) is 0 Å². The lowest BCUT2D eigenvalue weighted by molar-refractivity contribution is -0.132.